The molecule has 2 N–H and O–H groups in total. The molecule has 0 radical (unpaired) electrons. The average Bonchev–Trinajstić information content (AvgIpc) is 3.18. The summed E-state index contributed by atoms with van der Waals surface area (Å²) in [5, 5.41) is 8.89. The molecule has 0 aliphatic rings. The molecule has 0 unspecified atom stereocenters. The molecule has 8 heteroatoms. The van der Waals surface area contributed by atoms with E-state index in [9.17, 15) is 14.4 Å². The molecule has 8 nitrogen and oxygen atoms in total. The number of imide groups is 1. The first kappa shape index (κ1) is 20.8. The van der Waals surface area contributed by atoms with E-state index in [0.29, 0.717) is 12.1 Å². The first-order valence-electron chi connectivity index (χ1n) is 9.45. The highest BCUT2D eigenvalue weighted by Crippen LogP contribution is 2.20. The van der Waals surface area contributed by atoms with Crippen LogP contribution in [0.3, 0.4) is 0 Å². The van der Waals surface area contributed by atoms with Crippen LogP contribution in [0.2, 0.25) is 0 Å². The van der Waals surface area contributed by atoms with E-state index in [-0.39, 0.29) is 5.56 Å². The molecule has 3 amide bonds. The first-order chi connectivity index (χ1) is 14.5. The Morgan fingerprint density at radius 3 is 2.33 bits per heavy atom. The van der Waals surface area contributed by atoms with E-state index in [2.05, 4.69) is 15.7 Å². The largest absolute Gasteiger partial charge is 0.444 e. The van der Waals surface area contributed by atoms with Crippen molar-refractivity contribution in [1.82, 2.24) is 20.4 Å². The molecule has 0 spiro atoms. The van der Waals surface area contributed by atoms with Crippen molar-refractivity contribution in [3.63, 3.8) is 0 Å². The maximum atomic E-state index is 12.7. The van der Waals surface area contributed by atoms with Crippen LogP contribution in [-0.4, -0.2) is 34.2 Å². The third-order valence-electron chi connectivity index (χ3n) is 4.32. The Hall–Kier alpha value is -3.94. The van der Waals surface area contributed by atoms with Crippen LogP contribution >= 0.6 is 0 Å². The molecule has 0 aliphatic carbocycles. The molecule has 0 fully saturated rings. The third-order valence-corrected chi connectivity index (χ3v) is 4.32. The fourth-order valence-corrected chi connectivity index (χ4v) is 2.84. The lowest BCUT2D eigenvalue weighted by Crippen LogP contribution is -2.42. The van der Waals surface area contributed by atoms with Crippen LogP contribution in [0, 0.1) is 6.92 Å². The normalized spacial score (nSPS) is 11.4. The van der Waals surface area contributed by atoms with Crippen LogP contribution in [-0.2, 0) is 9.53 Å². The zero-order valence-corrected chi connectivity index (χ0v) is 16.7. The van der Waals surface area contributed by atoms with E-state index in [1.165, 1.54) is 0 Å². The quantitative estimate of drug-likeness (QED) is 0.613. The predicted octanol–water partition coefficient (Wildman–Crippen LogP) is 2.92. The van der Waals surface area contributed by atoms with Crippen LogP contribution in [0.5, 0.6) is 0 Å². The molecule has 1 heterocycles. The molecule has 3 rings (SSSR count). The average molecular weight is 406 g/mol. The number of hydrogen-bond donors (Lipinski definition) is 2. The topological polar surface area (TPSA) is 102 Å². The maximum Gasteiger partial charge on any atom is 0.339 e. The van der Waals surface area contributed by atoms with Gasteiger partial charge in [-0.15, -0.1) is 0 Å². The van der Waals surface area contributed by atoms with Gasteiger partial charge in [0.2, 0.25) is 6.10 Å². The molecule has 1 atom stereocenters. The summed E-state index contributed by atoms with van der Waals surface area (Å²) in [6.07, 6.45) is 0.421. The Kier molecular flexibility index (Phi) is 6.59. The van der Waals surface area contributed by atoms with Crippen molar-refractivity contribution in [2.45, 2.75) is 20.0 Å². The molecule has 154 valence electrons. The van der Waals surface area contributed by atoms with E-state index >= 15 is 0 Å². The van der Waals surface area contributed by atoms with Crippen molar-refractivity contribution in [2.75, 3.05) is 6.54 Å². The molecule has 30 heavy (non-hydrogen) atoms. The summed E-state index contributed by atoms with van der Waals surface area (Å²) >= 11 is 0. The molecule has 0 saturated carbocycles. The number of urea groups is 1. The molecule has 3 aromatic rings. The molecule has 0 saturated heterocycles. The number of rotatable bonds is 6. The van der Waals surface area contributed by atoms with Crippen molar-refractivity contribution in [2.24, 2.45) is 0 Å². The number of esters is 1. The SMILES string of the molecule is CCNC(=O)NC(=O)[C@H](OC(=O)c1ccc(-n2nccc2C)cc1)c1ccccc1. The summed E-state index contributed by atoms with van der Waals surface area (Å²) in [4.78, 5) is 37.0. The number of carbonyl (C=O) groups excluding carboxylic acids is 3. The standard InChI is InChI=1S/C22H22N4O4/c1-3-23-22(29)25-20(27)19(16-7-5-4-6-8-16)30-21(28)17-9-11-18(12-10-17)26-15(2)13-14-24-26/h4-14,19H,3H2,1-2H3,(H2,23,25,27,29)/t19-/m1/s1. The van der Waals surface area contributed by atoms with Gasteiger partial charge in [-0.05, 0) is 44.2 Å². The van der Waals surface area contributed by atoms with Gasteiger partial charge >= 0.3 is 12.0 Å². The summed E-state index contributed by atoms with van der Waals surface area (Å²) < 4.78 is 7.20. The zero-order valence-electron chi connectivity index (χ0n) is 16.7. The Labute approximate surface area is 173 Å². The summed E-state index contributed by atoms with van der Waals surface area (Å²) in [5.41, 5.74) is 2.48. The fraction of sp³-hybridized carbons (Fsp3) is 0.182. The van der Waals surface area contributed by atoms with Gasteiger partial charge in [-0.25, -0.2) is 14.3 Å². The predicted molar refractivity (Wildman–Crippen MR) is 110 cm³/mol. The van der Waals surface area contributed by atoms with Gasteiger partial charge in [-0.1, -0.05) is 30.3 Å². The number of ether oxygens (including phenoxy) is 1. The Balaban J connectivity index is 1.78. The van der Waals surface area contributed by atoms with Gasteiger partial charge in [0, 0.05) is 24.0 Å². The van der Waals surface area contributed by atoms with Crippen LogP contribution < -0.4 is 10.6 Å². The van der Waals surface area contributed by atoms with E-state index in [1.807, 2.05) is 13.0 Å². The van der Waals surface area contributed by atoms with Crippen LogP contribution in [0.4, 0.5) is 4.79 Å². The molecule has 0 bridgehead atoms. The zero-order chi connectivity index (χ0) is 21.5. The molecule has 1 aromatic heterocycles. The lowest BCUT2D eigenvalue weighted by Gasteiger charge is -2.18. The van der Waals surface area contributed by atoms with Gasteiger partial charge in [0.1, 0.15) is 0 Å². The molecular formula is C22H22N4O4. The minimum Gasteiger partial charge on any atom is -0.444 e. The van der Waals surface area contributed by atoms with E-state index < -0.39 is 24.0 Å². The number of nitrogens with zero attached hydrogens (tertiary/aromatic N) is 2. The summed E-state index contributed by atoms with van der Waals surface area (Å²) in [7, 11) is 0. The van der Waals surface area contributed by atoms with Crippen molar-refractivity contribution in [3.8, 4) is 5.69 Å². The van der Waals surface area contributed by atoms with Crippen LogP contribution in [0.15, 0.2) is 66.9 Å². The second kappa shape index (κ2) is 9.51. The highest BCUT2D eigenvalue weighted by atomic mass is 16.5. The summed E-state index contributed by atoms with van der Waals surface area (Å²) in [6, 6.07) is 16.4. The number of aromatic nitrogens is 2. The third kappa shape index (κ3) is 4.91. The second-order valence-corrected chi connectivity index (χ2v) is 6.48. The highest BCUT2D eigenvalue weighted by Gasteiger charge is 2.27. The highest BCUT2D eigenvalue weighted by molar-refractivity contribution is 5.99. The van der Waals surface area contributed by atoms with E-state index in [1.54, 1.807) is 72.4 Å². The molecule has 0 aliphatic heterocycles. The lowest BCUT2D eigenvalue weighted by atomic mass is 10.1. The van der Waals surface area contributed by atoms with Gasteiger partial charge in [-0.2, -0.15) is 5.10 Å². The summed E-state index contributed by atoms with van der Waals surface area (Å²) in [5.74, 6) is -1.41. The second-order valence-electron chi connectivity index (χ2n) is 6.48. The Morgan fingerprint density at radius 2 is 1.73 bits per heavy atom. The molecular weight excluding hydrogens is 384 g/mol. The summed E-state index contributed by atoms with van der Waals surface area (Å²) in [6.45, 7) is 4.01. The van der Waals surface area contributed by atoms with Crippen molar-refractivity contribution < 1.29 is 19.1 Å². The Morgan fingerprint density at radius 1 is 1.03 bits per heavy atom. The van der Waals surface area contributed by atoms with Gasteiger partial charge in [0.25, 0.3) is 5.91 Å². The van der Waals surface area contributed by atoms with Gasteiger partial charge in [-0.3, -0.25) is 10.1 Å². The van der Waals surface area contributed by atoms with Gasteiger partial charge in [0.05, 0.1) is 11.3 Å². The number of aryl methyl sites for hydroxylation is 1. The molecule has 2 aromatic carbocycles. The van der Waals surface area contributed by atoms with E-state index in [4.69, 9.17) is 4.74 Å². The van der Waals surface area contributed by atoms with Crippen molar-refractivity contribution >= 4 is 17.9 Å². The van der Waals surface area contributed by atoms with Crippen molar-refractivity contribution in [3.05, 3.63) is 83.7 Å². The number of nitrogens with one attached hydrogen (secondary N) is 2. The smallest absolute Gasteiger partial charge is 0.339 e. The maximum absolute atomic E-state index is 12.7. The monoisotopic (exact) mass is 406 g/mol. The number of amides is 3. The lowest BCUT2D eigenvalue weighted by molar-refractivity contribution is -0.129. The van der Waals surface area contributed by atoms with Crippen LogP contribution in [0.1, 0.15) is 34.6 Å². The number of hydrogen-bond acceptors (Lipinski definition) is 5. The minimum absolute atomic E-state index is 0.273. The van der Waals surface area contributed by atoms with Crippen LogP contribution in [0.25, 0.3) is 5.69 Å². The van der Waals surface area contributed by atoms with E-state index in [0.717, 1.165) is 11.4 Å². The van der Waals surface area contributed by atoms with Crippen molar-refractivity contribution in [1.29, 1.82) is 0 Å². The number of carbonyl (C=O) groups is 3. The van der Waals surface area contributed by atoms with Gasteiger partial charge < -0.3 is 10.1 Å². The van der Waals surface area contributed by atoms with Gasteiger partial charge in [0.15, 0.2) is 0 Å². The first-order valence-corrected chi connectivity index (χ1v) is 9.45. The minimum atomic E-state index is -1.27. The fourth-order valence-electron chi connectivity index (χ4n) is 2.84. The number of benzene rings is 2. The Bertz CT molecular complexity index is 1030.